The van der Waals surface area contributed by atoms with Gasteiger partial charge in [0.05, 0.1) is 11.6 Å². The van der Waals surface area contributed by atoms with Gasteiger partial charge in [0.1, 0.15) is 24.7 Å². The van der Waals surface area contributed by atoms with Crippen LogP contribution < -0.4 is 4.74 Å². The fourth-order valence-electron chi connectivity index (χ4n) is 4.46. The van der Waals surface area contributed by atoms with Crippen LogP contribution in [0.4, 0.5) is 4.39 Å². The van der Waals surface area contributed by atoms with Crippen molar-refractivity contribution in [2.45, 2.75) is 38.3 Å². The largest absolute Gasteiger partial charge is 0.491 e. The highest BCUT2D eigenvalue weighted by molar-refractivity contribution is 7.10. The molecule has 1 aliphatic carbocycles. The van der Waals surface area contributed by atoms with Gasteiger partial charge in [-0.2, -0.15) is 0 Å². The fourth-order valence-corrected chi connectivity index (χ4v) is 5.39. The van der Waals surface area contributed by atoms with Crippen molar-refractivity contribution in [2.75, 3.05) is 19.7 Å². The number of thiophene rings is 1. The first-order valence-corrected chi connectivity index (χ1v) is 12.5. The van der Waals surface area contributed by atoms with Crippen LogP contribution in [0.5, 0.6) is 5.75 Å². The Balaban J connectivity index is 1.34. The summed E-state index contributed by atoms with van der Waals surface area (Å²) in [6.07, 6.45) is 2.45. The number of benzene rings is 2. The van der Waals surface area contributed by atoms with Crippen molar-refractivity contribution in [3.05, 3.63) is 87.4 Å². The minimum absolute atomic E-state index is 0.0141. The molecule has 0 N–H and O–H groups in total. The second kappa shape index (κ2) is 9.58. The Hall–Kier alpha value is -3.19. The maximum absolute atomic E-state index is 14.3. The number of nitrogens with zero attached hydrogens (tertiary/aromatic N) is 2. The molecular formula is C27H27FN2O3S. The summed E-state index contributed by atoms with van der Waals surface area (Å²) in [5.74, 6) is -0.355. The molecule has 2 heterocycles. The summed E-state index contributed by atoms with van der Waals surface area (Å²) in [5.41, 5.74) is 2.27. The molecular weight excluding hydrogens is 451 g/mol. The molecule has 2 amide bonds. The van der Waals surface area contributed by atoms with Crippen molar-refractivity contribution >= 4 is 23.2 Å². The summed E-state index contributed by atoms with van der Waals surface area (Å²) in [5, 5.41) is 2.05. The van der Waals surface area contributed by atoms with Gasteiger partial charge >= 0.3 is 0 Å². The smallest absolute Gasteiger partial charge is 0.257 e. The highest BCUT2D eigenvalue weighted by Gasteiger charge is 2.38. The number of hydrogen-bond donors (Lipinski definition) is 0. The van der Waals surface area contributed by atoms with E-state index in [9.17, 15) is 14.0 Å². The van der Waals surface area contributed by atoms with Crippen LogP contribution in [0.15, 0.2) is 60.0 Å². The van der Waals surface area contributed by atoms with E-state index in [1.165, 1.54) is 17.0 Å². The fraction of sp³-hybridized carbons (Fsp3) is 0.333. The number of carbonyl (C=O) groups is 2. The van der Waals surface area contributed by atoms with Crippen LogP contribution in [0.25, 0.3) is 0 Å². The van der Waals surface area contributed by atoms with Crippen LogP contribution in [-0.2, 0) is 11.2 Å². The molecule has 176 valence electrons. The van der Waals surface area contributed by atoms with Gasteiger partial charge in [-0.3, -0.25) is 9.59 Å². The van der Waals surface area contributed by atoms with Crippen molar-refractivity contribution in [3.8, 4) is 5.75 Å². The van der Waals surface area contributed by atoms with E-state index in [2.05, 4.69) is 11.4 Å². The van der Waals surface area contributed by atoms with Gasteiger partial charge in [0, 0.05) is 17.5 Å². The molecule has 1 aliphatic heterocycles. The number of hydrogen-bond acceptors (Lipinski definition) is 4. The highest BCUT2D eigenvalue weighted by atomic mass is 32.1. The molecule has 3 aromatic rings. The summed E-state index contributed by atoms with van der Waals surface area (Å²) in [6.45, 7) is 2.87. The van der Waals surface area contributed by atoms with E-state index in [1.807, 2.05) is 36.1 Å². The van der Waals surface area contributed by atoms with Crippen LogP contribution in [0.3, 0.4) is 0 Å². The lowest BCUT2D eigenvalue weighted by atomic mass is 10.00. The van der Waals surface area contributed by atoms with Crippen LogP contribution in [-0.4, -0.2) is 47.4 Å². The molecule has 34 heavy (non-hydrogen) atoms. The van der Waals surface area contributed by atoms with Gasteiger partial charge in [-0.05, 0) is 67.5 Å². The summed E-state index contributed by atoms with van der Waals surface area (Å²) >= 11 is 1.70. The molecule has 0 bridgehead atoms. The van der Waals surface area contributed by atoms with Gasteiger partial charge in [0.2, 0.25) is 5.91 Å². The third-order valence-electron chi connectivity index (χ3n) is 6.50. The van der Waals surface area contributed by atoms with Crippen molar-refractivity contribution in [1.29, 1.82) is 0 Å². The average Bonchev–Trinajstić information content (AvgIpc) is 3.57. The first-order chi connectivity index (χ1) is 16.5. The van der Waals surface area contributed by atoms with Gasteiger partial charge in [-0.25, -0.2) is 4.39 Å². The molecule has 5 rings (SSSR count). The number of halogens is 1. The Labute approximate surface area is 202 Å². The van der Waals surface area contributed by atoms with Crippen LogP contribution in [0, 0.1) is 12.7 Å². The number of rotatable bonds is 7. The van der Waals surface area contributed by atoms with E-state index in [0.29, 0.717) is 13.2 Å². The maximum atomic E-state index is 14.3. The van der Waals surface area contributed by atoms with Gasteiger partial charge in [-0.15, -0.1) is 11.3 Å². The van der Waals surface area contributed by atoms with Gasteiger partial charge < -0.3 is 14.5 Å². The third-order valence-corrected chi connectivity index (χ3v) is 7.50. The molecule has 7 heteroatoms. The van der Waals surface area contributed by atoms with Gasteiger partial charge in [0.15, 0.2) is 0 Å². The zero-order valence-electron chi connectivity index (χ0n) is 19.1. The standard InChI is InChI=1S/C27H27FN2O3S/c1-18-6-10-20(11-7-18)33-17-24-22-13-15-34-25(22)12-14-29(24)26(31)16-30(19-8-9-19)27(32)21-4-2-3-5-23(21)28/h2-7,10-11,13,15,19,24H,8-9,12,14,16-17H2,1H3/t24-/m0/s1. The number of amides is 2. The Morgan fingerprint density at radius 2 is 1.88 bits per heavy atom. The monoisotopic (exact) mass is 478 g/mol. The van der Waals surface area contributed by atoms with Gasteiger partial charge in [0.25, 0.3) is 5.91 Å². The van der Waals surface area contributed by atoms with Gasteiger partial charge in [-0.1, -0.05) is 29.8 Å². The van der Waals surface area contributed by atoms with Crippen molar-refractivity contribution in [1.82, 2.24) is 9.80 Å². The molecule has 0 spiro atoms. The number of aryl methyl sites for hydroxylation is 1. The van der Waals surface area contributed by atoms with E-state index in [0.717, 1.165) is 36.1 Å². The maximum Gasteiger partial charge on any atom is 0.257 e. The minimum Gasteiger partial charge on any atom is -0.491 e. The number of fused-ring (bicyclic) bond motifs is 1. The van der Waals surface area contributed by atoms with E-state index in [1.54, 1.807) is 28.4 Å². The molecule has 2 aliphatic rings. The molecule has 1 saturated carbocycles. The van der Waals surface area contributed by atoms with E-state index >= 15 is 0 Å². The summed E-state index contributed by atoms with van der Waals surface area (Å²) in [7, 11) is 0. The zero-order valence-corrected chi connectivity index (χ0v) is 19.9. The Morgan fingerprint density at radius 1 is 1.12 bits per heavy atom. The molecule has 2 aromatic carbocycles. The van der Waals surface area contributed by atoms with Crippen LogP contribution in [0.1, 0.15) is 45.2 Å². The zero-order chi connectivity index (χ0) is 23.7. The lowest BCUT2D eigenvalue weighted by molar-refractivity contribution is -0.135. The normalized spacial score (nSPS) is 17.2. The molecule has 0 saturated heterocycles. The predicted octanol–water partition coefficient (Wildman–Crippen LogP) is 5.01. The van der Waals surface area contributed by atoms with E-state index in [-0.39, 0.29) is 30.1 Å². The van der Waals surface area contributed by atoms with E-state index in [4.69, 9.17) is 4.74 Å². The van der Waals surface area contributed by atoms with E-state index < -0.39 is 11.7 Å². The second-order valence-electron chi connectivity index (χ2n) is 8.92. The number of carbonyl (C=O) groups excluding carboxylic acids is 2. The van der Waals surface area contributed by atoms with Crippen LogP contribution in [0.2, 0.25) is 0 Å². The predicted molar refractivity (Wildman–Crippen MR) is 130 cm³/mol. The highest BCUT2D eigenvalue weighted by Crippen LogP contribution is 2.35. The number of ether oxygens (including phenoxy) is 1. The molecule has 1 atom stereocenters. The lowest BCUT2D eigenvalue weighted by Crippen LogP contribution is -2.48. The quantitative estimate of drug-likeness (QED) is 0.480. The SMILES string of the molecule is Cc1ccc(OC[C@H]2c3ccsc3CCN2C(=O)CN(C(=O)c2ccccc2F)C2CC2)cc1. The lowest BCUT2D eigenvalue weighted by Gasteiger charge is -2.37. The second-order valence-corrected chi connectivity index (χ2v) is 9.92. The Morgan fingerprint density at radius 3 is 2.62 bits per heavy atom. The summed E-state index contributed by atoms with van der Waals surface area (Å²) in [4.78, 5) is 31.3. The first kappa shape index (κ1) is 22.6. The molecule has 0 radical (unpaired) electrons. The Kier molecular flexibility index (Phi) is 6.37. The summed E-state index contributed by atoms with van der Waals surface area (Å²) in [6, 6.07) is 15.6. The van der Waals surface area contributed by atoms with Crippen molar-refractivity contribution < 1.29 is 18.7 Å². The van der Waals surface area contributed by atoms with Crippen molar-refractivity contribution in [3.63, 3.8) is 0 Å². The molecule has 1 fully saturated rings. The first-order valence-electron chi connectivity index (χ1n) is 11.6. The topological polar surface area (TPSA) is 49.9 Å². The summed E-state index contributed by atoms with van der Waals surface area (Å²) < 4.78 is 20.4. The molecule has 0 unspecified atom stereocenters. The minimum atomic E-state index is -0.559. The van der Waals surface area contributed by atoms with Crippen molar-refractivity contribution in [2.24, 2.45) is 0 Å². The van der Waals surface area contributed by atoms with Crippen LogP contribution >= 0.6 is 11.3 Å². The third kappa shape index (κ3) is 4.71. The molecule has 1 aromatic heterocycles. The molecule has 5 nitrogen and oxygen atoms in total. The average molecular weight is 479 g/mol. The Bertz CT molecular complexity index is 1190.